The van der Waals surface area contributed by atoms with E-state index in [0.717, 1.165) is 43.4 Å². The number of hydrogen-bond acceptors (Lipinski definition) is 5. The van der Waals surface area contributed by atoms with Crippen LogP contribution in [0.3, 0.4) is 0 Å². The van der Waals surface area contributed by atoms with Crippen molar-refractivity contribution in [3.05, 3.63) is 94.6 Å². The lowest BCUT2D eigenvalue weighted by Gasteiger charge is -2.26. The normalized spacial score (nSPS) is 18.8. The molecule has 3 aromatic rings. The molecule has 2 aliphatic rings. The molecular formula is C29H24F3NO5. The Morgan fingerprint density at radius 2 is 1.63 bits per heavy atom. The Morgan fingerprint density at radius 1 is 0.921 bits per heavy atom. The van der Waals surface area contributed by atoms with Gasteiger partial charge in [-0.05, 0) is 84.8 Å². The average molecular weight is 524 g/mol. The van der Waals surface area contributed by atoms with Crippen molar-refractivity contribution in [1.82, 2.24) is 0 Å². The molecule has 1 atom stereocenters. The summed E-state index contributed by atoms with van der Waals surface area (Å²) in [6.07, 6.45) is -0.957. The SMILES string of the molecule is COc1cccc(C2/C(=C(/O)c3ccc4c(c3)CCCC4)C(=O)C(=O)N2c2ccc(OC(F)(F)F)cc2)c1. The van der Waals surface area contributed by atoms with Gasteiger partial charge in [-0.15, -0.1) is 13.2 Å². The molecule has 0 spiro atoms. The highest BCUT2D eigenvalue weighted by molar-refractivity contribution is 6.51. The molecule has 196 valence electrons. The molecular weight excluding hydrogens is 499 g/mol. The second kappa shape index (κ2) is 9.89. The number of Topliss-reactive ketones (excluding diaryl/α,β-unsaturated/α-hetero) is 1. The molecule has 1 aliphatic heterocycles. The summed E-state index contributed by atoms with van der Waals surface area (Å²) in [7, 11) is 1.47. The fourth-order valence-corrected chi connectivity index (χ4v) is 5.07. The Hall–Kier alpha value is -4.27. The van der Waals surface area contributed by atoms with Gasteiger partial charge in [0.15, 0.2) is 0 Å². The summed E-state index contributed by atoms with van der Waals surface area (Å²) in [5.41, 5.74) is 3.24. The fraction of sp³-hybridized carbons (Fsp3) is 0.241. The molecule has 1 saturated heterocycles. The standard InChI is InChI=1S/C29H24F3NO5/c1-37-23-8-4-7-19(16-23)25-24(26(34)20-10-9-17-5-2-3-6-18(17)15-20)27(35)28(36)33(25)21-11-13-22(14-12-21)38-29(30,31)32/h4,7-16,25,34H,2-3,5-6H2,1H3/b26-24-. The van der Waals surface area contributed by atoms with Crippen LogP contribution in [0.2, 0.25) is 0 Å². The predicted octanol–water partition coefficient (Wildman–Crippen LogP) is 6.10. The first-order chi connectivity index (χ1) is 18.2. The molecule has 0 radical (unpaired) electrons. The van der Waals surface area contributed by atoms with Crippen LogP contribution in [0.5, 0.6) is 11.5 Å². The fourth-order valence-electron chi connectivity index (χ4n) is 5.07. The maximum absolute atomic E-state index is 13.4. The minimum absolute atomic E-state index is 0.116. The molecule has 0 bridgehead atoms. The zero-order chi connectivity index (χ0) is 27.0. The third kappa shape index (κ3) is 4.83. The zero-order valence-corrected chi connectivity index (χ0v) is 20.4. The van der Waals surface area contributed by atoms with E-state index in [1.165, 1.54) is 29.7 Å². The van der Waals surface area contributed by atoms with E-state index in [1.807, 2.05) is 12.1 Å². The van der Waals surface area contributed by atoms with Crippen LogP contribution >= 0.6 is 0 Å². The topological polar surface area (TPSA) is 76.1 Å². The summed E-state index contributed by atoms with van der Waals surface area (Å²) in [6, 6.07) is 15.8. The van der Waals surface area contributed by atoms with Crippen molar-refractivity contribution in [2.24, 2.45) is 0 Å². The van der Waals surface area contributed by atoms with Crippen molar-refractivity contribution in [2.45, 2.75) is 38.1 Å². The number of nitrogens with zero attached hydrogens (tertiary/aromatic N) is 1. The molecule has 1 N–H and O–H groups in total. The molecule has 0 saturated carbocycles. The number of benzene rings is 3. The number of halogens is 3. The van der Waals surface area contributed by atoms with E-state index in [9.17, 15) is 27.9 Å². The summed E-state index contributed by atoms with van der Waals surface area (Å²) >= 11 is 0. The molecule has 38 heavy (non-hydrogen) atoms. The molecule has 6 nitrogen and oxygen atoms in total. The smallest absolute Gasteiger partial charge is 0.507 e. The Balaban J connectivity index is 1.64. The number of ketones is 1. The van der Waals surface area contributed by atoms with Gasteiger partial charge >= 0.3 is 6.36 Å². The maximum Gasteiger partial charge on any atom is 0.573 e. The first-order valence-electron chi connectivity index (χ1n) is 12.1. The van der Waals surface area contributed by atoms with Crippen molar-refractivity contribution >= 4 is 23.1 Å². The number of ether oxygens (including phenoxy) is 2. The number of fused-ring (bicyclic) bond motifs is 1. The largest absolute Gasteiger partial charge is 0.573 e. The van der Waals surface area contributed by atoms with E-state index in [4.69, 9.17) is 4.74 Å². The third-order valence-corrected chi connectivity index (χ3v) is 6.82. The van der Waals surface area contributed by atoms with Crippen LogP contribution in [0.4, 0.5) is 18.9 Å². The Labute approximate surface area is 216 Å². The first kappa shape index (κ1) is 25.4. The van der Waals surface area contributed by atoms with Crippen molar-refractivity contribution in [3.8, 4) is 11.5 Å². The highest BCUT2D eigenvalue weighted by Gasteiger charge is 2.47. The van der Waals surface area contributed by atoms with E-state index in [2.05, 4.69) is 4.74 Å². The number of carbonyl (C=O) groups is 2. The van der Waals surface area contributed by atoms with Crippen LogP contribution < -0.4 is 14.4 Å². The molecule has 1 fully saturated rings. The van der Waals surface area contributed by atoms with Gasteiger partial charge < -0.3 is 14.6 Å². The summed E-state index contributed by atoms with van der Waals surface area (Å²) in [5, 5.41) is 11.4. The monoisotopic (exact) mass is 523 g/mol. The lowest BCUT2D eigenvalue weighted by Crippen LogP contribution is -2.29. The van der Waals surface area contributed by atoms with Crippen LogP contribution in [-0.2, 0) is 22.4 Å². The number of aryl methyl sites for hydroxylation is 2. The number of aliphatic hydroxyl groups excluding tert-OH is 1. The van der Waals surface area contributed by atoms with Gasteiger partial charge in [-0.3, -0.25) is 14.5 Å². The predicted molar refractivity (Wildman–Crippen MR) is 134 cm³/mol. The Bertz CT molecular complexity index is 1430. The molecule has 1 heterocycles. The Kier molecular flexibility index (Phi) is 6.60. The summed E-state index contributed by atoms with van der Waals surface area (Å²) < 4.78 is 47.2. The lowest BCUT2D eigenvalue weighted by atomic mass is 9.88. The van der Waals surface area contributed by atoms with E-state index in [-0.39, 0.29) is 17.0 Å². The number of methoxy groups -OCH3 is 1. The molecule has 9 heteroatoms. The van der Waals surface area contributed by atoms with Crippen molar-refractivity contribution in [1.29, 1.82) is 0 Å². The van der Waals surface area contributed by atoms with Gasteiger partial charge in [0.2, 0.25) is 0 Å². The maximum atomic E-state index is 13.4. The van der Waals surface area contributed by atoms with Crippen molar-refractivity contribution in [2.75, 3.05) is 12.0 Å². The van der Waals surface area contributed by atoms with E-state index in [0.29, 0.717) is 16.9 Å². The highest BCUT2D eigenvalue weighted by atomic mass is 19.4. The number of alkyl halides is 3. The molecule has 3 aromatic carbocycles. The minimum atomic E-state index is -4.87. The second-order valence-corrected chi connectivity index (χ2v) is 9.18. The lowest BCUT2D eigenvalue weighted by molar-refractivity contribution is -0.274. The average Bonchev–Trinajstić information content (AvgIpc) is 3.17. The number of aliphatic hydroxyl groups is 1. The van der Waals surface area contributed by atoms with Gasteiger partial charge in [-0.1, -0.05) is 24.3 Å². The number of anilines is 1. The van der Waals surface area contributed by atoms with Crippen LogP contribution in [0.15, 0.2) is 72.3 Å². The third-order valence-electron chi connectivity index (χ3n) is 6.82. The van der Waals surface area contributed by atoms with Crippen molar-refractivity contribution in [3.63, 3.8) is 0 Å². The molecule has 1 unspecified atom stereocenters. The van der Waals surface area contributed by atoms with Gasteiger partial charge in [-0.25, -0.2) is 0 Å². The van der Waals surface area contributed by atoms with Gasteiger partial charge in [0, 0.05) is 11.3 Å². The summed E-state index contributed by atoms with van der Waals surface area (Å²) in [6.45, 7) is 0. The van der Waals surface area contributed by atoms with Crippen LogP contribution in [0.1, 0.15) is 41.1 Å². The zero-order valence-electron chi connectivity index (χ0n) is 20.4. The number of hydrogen-bond donors (Lipinski definition) is 1. The van der Waals surface area contributed by atoms with Crippen LogP contribution in [0, 0.1) is 0 Å². The summed E-state index contributed by atoms with van der Waals surface area (Å²) in [4.78, 5) is 27.9. The van der Waals surface area contributed by atoms with Gasteiger partial charge in [-0.2, -0.15) is 0 Å². The van der Waals surface area contributed by atoms with Gasteiger partial charge in [0.25, 0.3) is 11.7 Å². The second-order valence-electron chi connectivity index (χ2n) is 9.18. The van der Waals surface area contributed by atoms with Gasteiger partial charge in [0.05, 0.1) is 18.7 Å². The Morgan fingerprint density at radius 3 is 2.32 bits per heavy atom. The van der Waals surface area contributed by atoms with E-state index in [1.54, 1.807) is 30.3 Å². The molecule has 1 aliphatic carbocycles. The van der Waals surface area contributed by atoms with Crippen LogP contribution in [-0.4, -0.2) is 30.3 Å². The van der Waals surface area contributed by atoms with E-state index < -0.39 is 29.8 Å². The molecule has 5 rings (SSSR count). The van der Waals surface area contributed by atoms with E-state index >= 15 is 0 Å². The number of amides is 1. The summed E-state index contributed by atoms with van der Waals surface area (Å²) in [5.74, 6) is -2.13. The van der Waals surface area contributed by atoms with Gasteiger partial charge in [0.1, 0.15) is 17.3 Å². The first-order valence-corrected chi connectivity index (χ1v) is 12.1. The number of rotatable bonds is 5. The minimum Gasteiger partial charge on any atom is -0.507 e. The molecule has 0 aromatic heterocycles. The number of carbonyl (C=O) groups excluding carboxylic acids is 2. The highest BCUT2D eigenvalue weighted by Crippen LogP contribution is 2.43. The van der Waals surface area contributed by atoms with Crippen molar-refractivity contribution < 1.29 is 37.3 Å². The molecule has 1 amide bonds. The van der Waals surface area contributed by atoms with Crippen LogP contribution in [0.25, 0.3) is 5.76 Å². The quantitative estimate of drug-likeness (QED) is 0.249.